The van der Waals surface area contributed by atoms with Gasteiger partial charge in [-0.05, 0) is 33.8 Å². The highest BCUT2D eigenvalue weighted by Gasteiger charge is 2.12. The Morgan fingerprint density at radius 2 is 1.91 bits per heavy atom. The van der Waals surface area contributed by atoms with Crippen LogP contribution in [0.2, 0.25) is 0 Å². The normalized spacial score (nSPS) is 10.4. The van der Waals surface area contributed by atoms with Crippen molar-refractivity contribution < 1.29 is 9.21 Å². The molecule has 2 rings (SSSR count). The standard InChI is InChI=1S/C16H23N5O2/c1-5-17-16-20-10(2)8-14(21-16)18-6-7-19-15(22)13-9-11(3)23-12(13)4/h8-9H,5-7H2,1-4H3,(H,19,22)(H2,17,18,20,21). The van der Waals surface area contributed by atoms with Crippen LogP contribution in [0, 0.1) is 20.8 Å². The first-order chi connectivity index (χ1) is 11.0. The van der Waals surface area contributed by atoms with E-state index in [1.807, 2.05) is 26.8 Å². The number of furan rings is 1. The highest BCUT2D eigenvalue weighted by molar-refractivity contribution is 5.95. The lowest BCUT2D eigenvalue weighted by molar-refractivity contribution is 0.0953. The Hall–Kier alpha value is -2.57. The van der Waals surface area contributed by atoms with Gasteiger partial charge in [0.15, 0.2) is 0 Å². The minimum absolute atomic E-state index is 0.131. The van der Waals surface area contributed by atoms with Gasteiger partial charge in [-0.25, -0.2) is 4.98 Å². The van der Waals surface area contributed by atoms with E-state index in [0.29, 0.717) is 30.4 Å². The van der Waals surface area contributed by atoms with Crippen LogP contribution in [0.3, 0.4) is 0 Å². The molecule has 124 valence electrons. The van der Waals surface area contributed by atoms with E-state index in [0.717, 1.165) is 23.8 Å². The van der Waals surface area contributed by atoms with Gasteiger partial charge in [-0.1, -0.05) is 0 Å². The lowest BCUT2D eigenvalue weighted by Gasteiger charge is -2.09. The quantitative estimate of drug-likeness (QED) is 0.679. The summed E-state index contributed by atoms with van der Waals surface area (Å²) >= 11 is 0. The number of nitrogens with zero attached hydrogens (tertiary/aromatic N) is 2. The number of aryl methyl sites for hydroxylation is 3. The summed E-state index contributed by atoms with van der Waals surface area (Å²) in [6, 6.07) is 3.61. The second kappa shape index (κ2) is 7.62. The van der Waals surface area contributed by atoms with Crippen molar-refractivity contribution in [3.05, 3.63) is 34.9 Å². The lowest BCUT2D eigenvalue weighted by Crippen LogP contribution is -2.29. The fourth-order valence-electron chi connectivity index (χ4n) is 2.21. The molecule has 0 atom stereocenters. The fourth-order valence-corrected chi connectivity index (χ4v) is 2.21. The van der Waals surface area contributed by atoms with E-state index in [1.54, 1.807) is 13.0 Å². The molecule has 0 radical (unpaired) electrons. The molecule has 0 aliphatic carbocycles. The van der Waals surface area contributed by atoms with E-state index in [-0.39, 0.29) is 5.91 Å². The molecule has 3 N–H and O–H groups in total. The van der Waals surface area contributed by atoms with Crippen molar-refractivity contribution in [1.82, 2.24) is 15.3 Å². The van der Waals surface area contributed by atoms with Crippen LogP contribution in [-0.4, -0.2) is 35.5 Å². The maximum absolute atomic E-state index is 12.0. The number of rotatable bonds is 7. The predicted octanol–water partition coefficient (Wildman–Crippen LogP) is 2.27. The monoisotopic (exact) mass is 317 g/mol. The molecule has 0 aromatic carbocycles. The molecule has 2 aromatic rings. The van der Waals surface area contributed by atoms with Crippen LogP contribution in [0.1, 0.15) is 34.5 Å². The molecular formula is C16H23N5O2. The van der Waals surface area contributed by atoms with Gasteiger partial charge < -0.3 is 20.4 Å². The van der Waals surface area contributed by atoms with E-state index < -0.39 is 0 Å². The topological polar surface area (TPSA) is 92.1 Å². The van der Waals surface area contributed by atoms with E-state index in [1.165, 1.54) is 0 Å². The van der Waals surface area contributed by atoms with Crippen LogP contribution in [0.25, 0.3) is 0 Å². The first-order valence-corrected chi connectivity index (χ1v) is 7.68. The molecular weight excluding hydrogens is 294 g/mol. The van der Waals surface area contributed by atoms with Gasteiger partial charge >= 0.3 is 0 Å². The van der Waals surface area contributed by atoms with Gasteiger partial charge in [0.1, 0.15) is 17.3 Å². The van der Waals surface area contributed by atoms with Crippen LogP contribution in [0.15, 0.2) is 16.5 Å². The Bertz CT molecular complexity index is 681. The minimum atomic E-state index is -0.131. The van der Waals surface area contributed by atoms with Gasteiger partial charge in [0, 0.05) is 31.4 Å². The van der Waals surface area contributed by atoms with E-state index in [9.17, 15) is 4.79 Å². The van der Waals surface area contributed by atoms with Gasteiger partial charge in [-0.2, -0.15) is 4.98 Å². The van der Waals surface area contributed by atoms with Gasteiger partial charge in [0.2, 0.25) is 5.95 Å². The summed E-state index contributed by atoms with van der Waals surface area (Å²) in [5, 5.41) is 9.12. The van der Waals surface area contributed by atoms with E-state index >= 15 is 0 Å². The van der Waals surface area contributed by atoms with Gasteiger partial charge in [0.25, 0.3) is 5.91 Å². The first-order valence-electron chi connectivity index (χ1n) is 7.68. The Kier molecular flexibility index (Phi) is 5.56. The van der Waals surface area contributed by atoms with Crippen LogP contribution in [0.4, 0.5) is 11.8 Å². The van der Waals surface area contributed by atoms with Crippen molar-refractivity contribution in [1.29, 1.82) is 0 Å². The average Bonchev–Trinajstić information content (AvgIpc) is 2.82. The summed E-state index contributed by atoms with van der Waals surface area (Å²) in [7, 11) is 0. The van der Waals surface area contributed by atoms with E-state index in [4.69, 9.17) is 4.42 Å². The van der Waals surface area contributed by atoms with Crippen molar-refractivity contribution >= 4 is 17.7 Å². The molecule has 0 bridgehead atoms. The smallest absolute Gasteiger partial charge is 0.254 e. The largest absolute Gasteiger partial charge is 0.466 e. The number of carbonyl (C=O) groups is 1. The lowest BCUT2D eigenvalue weighted by atomic mass is 10.2. The number of carbonyl (C=O) groups excluding carboxylic acids is 1. The Labute approximate surface area is 135 Å². The van der Waals surface area contributed by atoms with Crippen LogP contribution in [0.5, 0.6) is 0 Å². The Balaban J connectivity index is 1.83. The second-order valence-electron chi connectivity index (χ2n) is 5.26. The number of nitrogens with one attached hydrogen (secondary N) is 3. The Morgan fingerprint density at radius 1 is 1.13 bits per heavy atom. The molecule has 0 spiro atoms. The highest BCUT2D eigenvalue weighted by Crippen LogP contribution is 2.13. The van der Waals surface area contributed by atoms with Gasteiger partial charge in [-0.3, -0.25) is 4.79 Å². The molecule has 0 aliphatic rings. The molecule has 0 unspecified atom stereocenters. The molecule has 0 fully saturated rings. The van der Waals surface area contributed by atoms with Crippen LogP contribution >= 0.6 is 0 Å². The SMILES string of the molecule is CCNc1nc(C)cc(NCCNC(=O)c2cc(C)oc2C)n1. The highest BCUT2D eigenvalue weighted by atomic mass is 16.3. The average molecular weight is 317 g/mol. The maximum Gasteiger partial charge on any atom is 0.254 e. The summed E-state index contributed by atoms with van der Waals surface area (Å²) in [6.07, 6.45) is 0. The maximum atomic E-state index is 12.0. The molecule has 7 nitrogen and oxygen atoms in total. The molecule has 23 heavy (non-hydrogen) atoms. The summed E-state index contributed by atoms with van der Waals surface area (Å²) in [4.78, 5) is 20.7. The molecule has 0 saturated heterocycles. The molecule has 0 aliphatic heterocycles. The number of aromatic nitrogens is 2. The molecule has 2 heterocycles. The number of anilines is 2. The van der Waals surface area contributed by atoms with Crippen molar-refractivity contribution in [3.8, 4) is 0 Å². The van der Waals surface area contributed by atoms with Crippen molar-refractivity contribution in [2.24, 2.45) is 0 Å². The third-order valence-corrected chi connectivity index (χ3v) is 3.19. The first kappa shape index (κ1) is 16.8. The second-order valence-corrected chi connectivity index (χ2v) is 5.26. The summed E-state index contributed by atoms with van der Waals surface area (Å²) in [6.45, 7) is 9.35. The van der Waals surface area contributed by atoms with Crippen molar-refractivity contribution in [3.63, 3.8) is 0 Å². The Morgan fingerprint density at radius 3 is 2.57 bits per heavy atom. The summed E-state index contributed by atoms with van der Waals surface area (Å²) < 4.78 is 5.36. The van der Waals surface area contributed by atoms with E-state index in [2.05, 4.69) is 25.9 Å². The summed E-state index contributed by atoms with van der Waals surface area (Å²) in [5.74, 6) is 2.57. The van der Waals surface area contributed by atoms with Crippen molar-refractivity contribution in [2.45, 2.75) is 27.7 Å². The number of amides is 1. The minimum Gasteiger partial charge on any atom is -0.466 e. The van der Waals surface area contributed by atoms with Gasteiger partial charge in [-0.15, -0.1) is 0 Å². The number of hydrogen-bond acceptors (Lipinski definition) is 6. The third-order valence-electron chi connectivity index (χ3n) is 3.19. The van der Waals surface area contributed by atoms with Crippen LogP contribution in [-0.2, 0) is 0 Å². The zero-order valence-corrected chi connectivity index (χ0v) is 14.0. The zero-order valence-electron chi connectivity index (χ0n) is 14.0. The third kappa shape index (κ3) is 4.70. The number of hydrogen-bond donors (Lipinski definition) is 3. The fraction of sp³-hybridized carbons (Fsp3) is 0.438. The molecule has 0 saturated carbocycles. The van der Waals surface area contributed by atoms with Crippen LogP contribution < -0.4 is 16.0 Å². The van der Waals surface area contributed by atoms with Gasteiger partial charge in [0.05, 0.1) is 5.56 Å². The molecule has 1 amide bonds. The molecule has 2 aromatic heterocycles. The van der Waals surface area contributed by atoms with Crippen molar-refractivity contribution in [2.75, 3.05) is 30.3 Å². The predicted molar refractivity (Wildman–Crippen MR) is 89.9 cm³/mol. The summed E-state index contributed by atoms with van der Waals surface area (Å²) in [5.41, 5.74) is 1.46. The zero-order chi connectivity index (χ0) is 16.8. The molecule has 7 heteroatoms.